The van der Waals surface area contributed by atoms with Gasteiger partial charge in [0.15, 0.2) is 17.3 Å². The Morgan fingerprint density at radius 3 is 2.90 bits per heavy atom. The minimum atomic E-state index is -1.31. The molecule has 0 bridgehead atoms. The van der Waals surface area contributed by atoms with Crippen molar-refractivity contribution in [3.8, 4) is 0 Å². The third-order valence-electron chi connectivity index (χ3n) is 2.84. The lowest BCUT2D eigenvalue weighted by atomic mass is 10.2. The monoisotopic (exact) mass is 289 g/mol. The molecule has 1 N–H and O–H groups in total. The zero-order chi connectivity index (χ0) is 15.0. The van der Waals surface area contributed by atoms with Crippen LogP contribution in [-0.4, -0.2) is 15.9 Å². The van der Waals surface area contributed by atoms with Crippen LogP contribution in [0.1, 0.15) is 16.2 Å². The zero-order valence-electron chi connectivity index (χ0n) is 10.9. The Morgan fingerprint density at radius 2 is 2.10 bits per heavy atom. The van der Waals surface area contributed by atoms with E-state index in [1.807, 2.05) is 0 Å². The van der Waals surface area contributed by atoms with Crippen LogP contribution in [0.2, 0.25) is 0 Å². The van der Waals surface area contributed by atoms with Gasteiger partial charge in [-0.3, -0.25) is 4.79 Å². The summed E-state index contributed by atoms with van der Waals surface area (Å²) in [7, 11) is 0. The third kappa shape index (κ3) is 2.45. The maximum atomic E-state index is 13.5. The molecule has 0 radical (unpaired) electrons. The van der Waals surface area contributed by atoms with Crippen LogP contribution in [0.25, 0.3) is 11.1 Å². The maximum absolute atomic E-state index is 13.5. The second-order valence-corrected chi connectivity index (χ2v) is 4.33. The summed E-state index contributed by atoms with van der Waals surface area (Å²) in [5.41, 5.74) is 1.12. The largest absolute Gasteiger partial charge is 0.441 e. The number of fused-ring (bicyclic) bond motifs is 1. The van der Waals surface area contributed by atoms with Crippen LogP contribution in [0.4, 0.5) is 14.5 Å². The molecular weight excluding hydrogens is 280 g/mol. The summed E-state index contributed by atoms with van der Waals surface area (Å²) in [5.74, 6) is -2.87. The van der Waals surface area contributed by atoms with E-state index in [2.05, 4.69) is 15.3 Å². The Hall–Kier alpha value is -2.83. The lowest BCUT2D eigenvalue weighted by Crippen LogP contribution is -2.15. The normalized spacial score (nSPS) is 10.8. The highest BCUT2D eigenvalue weighted by molar-refractivity contribution is 6.05. The molecule has 1 amide bonds. The number of carbonyl (C=O) groups excluding carboxylic acids is 1. The lowest BCUT2D eigenvalue weighted by Gasteiger charge is -2.05. The first-order valence-corrected chi connectivity index (χ1v) is 6.03. The Morgan fingerprint density at radius 1 is 1.29 bits per heavy atom. The van der Waals surface area contributed by atoms with E-state index in [0.29, 0.717) is 22.7 Å². The molecule has 0 fully saturated rings. The van der Waals surface area contributed by atoms with Gasteiger partial charge in [-0.2, -0.15) is 4.39 Å². The standard InChI is InChI=1S/C14H9F2N3O2/c1-7-18-10-6-8(2-3-11(10)21-7)19-14(20)9-4-5-17-13(16)12(9)15/h2-6H,1H3,(H,19,20). The number of pyridine rings is 1. The van der Waals surface area contributed by atoms with E-state index in [-0.39, 0.29) is 0 Å². The molecule has 0 aliphatic rings. The third-order valence-corrected chi connectivity index (χ3v) is 2.84. The summed E-state index contributed by atoms with van der Waals surface area (Å²) < 4.78 is 31.8. The highest BCUT2D eigenvalue weighted by atomic mass is 19.2. The Kier molecular flexibility index (Phi) is 3.09. The van der Waals surface area contributed by atoms with Crippen molar-refractivity contribution in [1.82, 2.24) is 9.97 Å². The van der Waals surface area contributed by atoms with Crippen molar-refractivity contribution in [3.63, 3.8) is 0 Å². The number of oxazole rings is 1. The van der Waals surface area contributed by atoms with E-state index in [1.54, 1.807) is 25.1 Å². The number of anilines is 1. The highest BCUT2D eigenvalue weighted by Gasteiger charge is 2.16. The van der Waals surface area contributed by atoms with Gasteiger partial charge < -0.3 is 9.73 Å². The molecule has 0 saturated heterocycles. The van der Waals surface area contributed by atoms with Crippen LogP contribution in [0.15, 0.2) is 34.9 Å². The van der Waals surface area contributed by atoms with Gasteiger partial charge in [0.1, 0.15) is 5.52 Å². The van der Waals surface area contributed by atoms with Crippen LogP contribution in [0.3, 0.4) is 0 Å². The molecule has 106 valence electrons. The molecule has 21 heavy (non-hydrogen) atoms. The number of hydrogen-bond donors (Lipinski definition) is 1. The molecule has 0 atom stereocenters. The number of halogens is 2. The molecule has 0 spiro atoms. The smallest absolute Gasteiger partial charge is 0.258 e. The fraction of sp³-hybridized carbons (Fsp3) is 0.0714. The summed E-state index contributed by atoms with van der Waals surface area (Å²) in [6.45, 7) is 1.70. The quantitative estimate of drug-likeness (QED) is 0.736. The van der Waals surface area contributed by atoms with Gasteiger partial charge in [0.2, 0.25) is 5.95 Å². The fourth-order valence-corrected chi connectivity index (χ4v) is 1.91. The Labute approximate surface area is 117 Å². The maximum Gasteiger partial charge on any atom is 0.258 e. The van der Waals surface area contributed by atoms with Crippen molar-refractivity contribution in [2.45, 2.75) is 6.92 Å². The van der Waals surface area contributed by atoms with Crippen molar-refractivity contribution >= 4 is 22.7 Å². The van der Waals surface area contributed by atoms with Gasteiger partial charge in [-0.05, 0) is 24.3 Å². The van der Waals surface area contributed by atoms with Gasteiger partial charge in [0.25, 0.3) is 5.91 Å². The molecule has 7 heteroatoms. The molecule has 0 aliphatic carbocycles. The summed E-state index contributed by atoms with van der Waals surface area (Å²) in [4.78, 5) is 19.2. The van der Waals surface area contributed by atoms with Crippen molar-refractivity contribution in [3.05, 3.63) is 53.7 Å². The van der Waals surface area contributed by atoms with Crippen molar-refractivity contribution in [1.29, 1.82) is 0 Å². The molecule has 3 aromatic rings. The van der Waals surface area contributed by atoms with Gasteiger partial charge in [0.05, 0.1) is 5.56 Å². The number of amides is 1. The van der Waals surface area contributed by atoms with E-state index in [0.717, 1.165) is 12.3 Å². The summed E-state index contributed by atoms with van der Waals surface area (Å²) in [6.07, 6.45) is 1.03. The fourth-order valence-electron chi connectivity index (χ4n) is 1.91. The van der Waals surface area contributed by atoms with Gasteiger partial charge in [-0.1, -0.05) is 0 Å². The Balaban J connectivity index is 1.90. The number of nitrogens with zero attached hydrogens (tertiary/aromatic N) is 2. The van der Waals surface area contributed by atoms with Gasteiger partial charge in [-0.15, -0.1) is 0 Å². The number of carbonyl (C=O) groups is 1. The number of hydrogen-bond acceptors (Lipinski definition) is 4. The van der Waals surface area contributed by atoms with Crippen molar-refractivity contribution in [2.75, 3.05) is 5.32 Å². The van der Waals surface area contributed by atoms with Gasteiger partial charge in [-0.25, -0.2) is 14.4 Å². The minimum absolute atomic E-state index is 0.400. The summed E-state index contributed by atoms with van der Waals surface area (Å²) >= 11 is 0. The Bertz CT molecular complexity index is 845. The van der Waals surface area contributed by atoms with Crippen LogP contribution >= 0.6 is 0 Å². The average molecular weight is 289 g/mol. The first kappa shape index (κ1) is 13.2. The molecule has 3 rings (SSSR count). The number of nitrogens with one attached hydrogen (secondary N) is 1. The van der Waals surface area contributed by atoms with Gasteiger partial charge >= 0.3 is 0 Å². The second kappa shape index (κ2) is 4.93. The van der Waals surface area contributed by atoms with E-state index in [4.69, 9.17) is 4.42 Å². The number of benzene rings is 1. The predicted octanol–water partition coefficient (Wildman–Crippen LogP) is 3.06. The second-order valence-electron chi connectivity index (χ2n) is 4.33. The molecule has 0 aliphatic heterocycles. The molecule has 1 aromatic carbocycles. The molecule has 2 heterocycles. The number of aryl methyl sites for hydroxylation is 1. The molecule has 5 nitrogen and oxygen atoms in total. The SMILES string of the molecule is Cc1nc2cc(NC(=O)c3ccnc(F)c3F)ccc2o1. The highest BCUT2D eigenvalue weighted by Crippen LogP contribution is 2.20. The van der Waals surface area contributed by atoms with Gasteiger partial charge in [0, 0.05) is 18.8 Å². The molecule has 2 aromatic heterocycles. The minimum Gasteiger partial charge on any atom is -0.441 e. The first-order chi connectivity index (χ1) is 10.0. The van der Waals surface area contributed by atoms with Crippen LogP contribution in [0, 0.1) is 18.7 Å². The average Bonchev–Trinajstić information content (AvgIpc) is 2.81. The van der Waals surface area contributed by atoms with Crippen molar-refractivity contribution < 1.29 is 18.0 Å². The van der Waals surface area contributed by atoms with Crippen molar-refractivity contribution in [2.24, 2.45) is 0 Å². The summed E-state index contributed by atoms with van der Waals surface area (Å²) in [5, 5.41) is 2.47. The summed E-state index contributed by atoms with van der Waals surface area (Å²) in [6, 6.07) is 5.90. The van der Waals surface area contributed by atoms with Crippen LogP contribution < -0.4 is 5.32 Å². The van der Waals surface area contributed by atoms with Crippen LogP contribution in [-0.2, 0) is 0 Å². The number of aromatic nitrogens is 2. The predicted molar refractivity (Wildman–Crippen MR) is 70.9 cm³/mol. The zero-order valence-corrected chi connectivity index (χ0v) is 10.9. The lowest BCUT2D eigenvalue weighted by molar-refractivity contribution is 0.102. The molecule has 0 unspecified atom stereocenters. The molecule has 0 saturated carbocycles. The topological polar surface area (TPSA) is 68.0 Å². The van der Waals surface area contributed by atoms with Crippen LogP contribution in [0.5, 0.6) is 0 Å². The molecular formula is C14H9F2N3O2. The number of rotatable bonds is 2. The van der Waals surface area contributed by atoms with E-state index >= 15 is 0 Å². The van der Waals surface area contributed by atoms with E-state index in [1.165, 1.54) is 0 Å². The van der Waals surface area contributed by atoms with E-state index in [9.17, 15) is 13.6 Å². The van der Waals surface area contributed by atoms with E-state index < -0.39 is 23.2 Å². The first-order valence-electron chi connectivity index (χ1n) is 6.03.